The number of rotatable bonds is 5. The molecule has 9 nitrogen and oxygen atoms in total. The zero-order chi connectivity index (χ0) is 21.8. The molecule has 0 fully saturated rings. The van der Waals surface area contributed by atoms with E-state index >= 15 is 0 Å². The average molecular weight is 417 g/mol. The highest BCUT2D eigenvalue weighted by molar-refractivity contribution is 6.14. The van der Waals surface area contributed by atoms with E-state index in [1.165, 1.54) is 0 Å². The summed E-state index contributed by atoms with van der Waals surface area (Å²) in [5.41, 5.74) is 8.35. The number of methoxy groups -OCH3 is 1. The van der Waals surface area contributed by atoms with Gasteiger partial charge in [0.15, 0.2) is 11.4 Å². The van der Waals surface area contributed by atoms with Crippen LogP contribution >= 0.6 is 0 Å². The van der Waals surface area contributed by atoms with Crippen LogP contribution in [-0.2, 0) is 0 Å². The molecule has 1 heterocycles. The molecule has 0 unspecified atom stereocenters. The zero-order valence-corrected chi connectivity index (χ0v) is 16.5. The first-order valence-electron chi connectivity index (χ1n) is 9.31. The Morgan fingerprint density at radius 2 is 1.45 bits per heavy atom. The maximum absolute atomic E-state index is 12.7. The third-order valence-corrected chi connectivity index (χ3v) is 4.52. The minimum Gasteiger partial charge on any atom is -0.497 e. The number of aromatic nitrogens is 1. The Labute approximate surface area is 177 Å². The molecule has 0 radical (unpaired) electrons. The molecule has 0 saturated carbocycles. The molecule has 0 saturated heterocycles. The number of ether oxygens (including phenoxy) is 1. The quantitative estimate of drug-likeness (QED) is 0.382. The Hall–Kier alpha value is -4.53. The molecule has 4 rings (SSSR count). The van der Waals surface area contributed by atoms with Crippen LogP contribution in [0.1, 0.15) is 10.4 Å². The number of amides is 3. The Morgan fingerprint density at radius 1 is 0.871 bits per heavy atom. The van der Waals surface area contributed by atoms with Gasteiger partial charge in [0.25, 0.3) is 5.91 Å². The summed E-state index contributed by atoms with van der Waals surface area (Å²) in [7, 11) is 1.58. The van der Waals surface area contributed by atoms with E-state index < -0.39 is 6.03 Å². The number of anilines is 4. The summed E-state index contributed by atoms with van der Waals surface area (Å²) in [5.74, 6) is 0.508. The van der Waals surface area contributed by atoms with E-state index in [1.54, 1.807) is 73.8 Å². The van der Waals surface area contributed by atoms with Gasteiger partial charge in [-0.05, 0) is 60.7 Å². The van der Waals surface area contributed by atoms with Gasteiger partial charge in [-0.2, -0.15) is 0 Å². The Morgan fingerprint density at radius 3 is 2.06 bits per heavy atom. The lowest BCUT2D eigenvalue weighted by Gasteiger charge is -2.10. The van der Waals surface area contributed by atoms with Crippen LogP contribution in [0.3, 0.4) is 0 Å². The van der Waals surface area contributed by atoms with Crippen LogP contribution in [0.15, 0.2) is 71.3 Å². The minimum absolute atomic E-state index is 0.156. The largest absolute Gasteiger partial charge is 0.497 e. The molecule has 0 aliphatic rings. The smallest absolute Gasteiger partial charge is 0.323 e. The van der Waals surface area contributed by atoms with Crippen LogP contribution in [0.2, 0.25) is 0 Å². The highest BCUT2D eigenvalue weighted by Crippen LogP contribution is 2.25. The lowest BCUT2D eigenvalue weighted by Crippen LogP contribution is -2.19. The second-order valence-corrected chi connectivity index (χ2v) is 6.59. The van der Waals surface area contributed by atoms with Crippen molar-refractivity contribution in [3.63, 3.8) is 0 Å². The maximum atomic E-state index is 12.7. The number of nitrogens with one attached hydrogen (secondary N) is 3. The van der Waals surface area contributed by atoms with Crippen LogP contribution in [0.5, 0.6) is 5.75 Å². The predicted octanol–water partition coefficient (Wildman–Crippen LogP) is 4.31. The Balaban J connectivity index is 1.39. The van der Waals surface area contributed by atoms with Crippen LogP contribution in [0, 0.1) is 0 Å². The van der Waals surface area contributed by atoms with Crippen molar-refractivity contribution in [1.82, 2.24) is 5.16 Å². The summed E-state index contributed by atoms with van der Waals surface area (Å²) in [5, 5.41) is 12.4. The highest BCUT2D eigenvalue weighted by Gasteiger charge is 2.16. The molecule has 4 aromatic rings. The van der Waals surface area contributed by atoms with Crippen molar-refractivity contribution in [2.75, 3.05) is 28.8 Å². The van der Waals surface area contributed by atoms with Crippen molar-refractivity contribution >= 4 is 45.8 Å². The number of hydrogen-bond acceptors (Lipinski definition) is 6. The SMILES string of the molecule is COc1ccc(NC(=O)Nc2ccc(NC(=O)c3cccc4onc(N)c34)cc2)cc1. The fourth-order valence-corrected chi connectivity index (χ4v) is 3.01. The summed E-state index contributed by atoms with van der Waals surface area (Å²) < 4.78 is 10.2. The summed E-state index contributed by atoms with van der Waals surface area (Å²) in [4.78, 5) is 24.8. The van der Waals surface area contributed by atoms with E-state index in [0.717, 1.165) is 0 Å². The lowest BCUT2D eigenvalue weighted by atomic mass is 10.1. The van der Waals surface area contributed by atoms with Crippen molar-refractivity contribution in [2.45, 2.75) is 0 Å². The second-order valence-electron chi connectivity index (χ2n) is 6.59. The maximum Gasteiger partial charge on any atom is 0.323 e. The number of nitrogens with zero attached hydrogens (tertiary/aromatic N) is 1. The average Bonchev–Trinajstić information content (AvgIpc) is 3.16. The molecule has 5 N–H and O–H groups in total. The van der Waals surface area contributed by atoms with E-state index in [0.29, 0.717) is 39.3 Å². The molecule has 0 spiro atoms. The number of fused-ring (bicyclic) bond motifs is 1. The number of nitrogens with two attached hydrogens (primary N) is 1. The molecule has 156 valence electrons. The predicted molar refractivity (Wildman–Crippen MR) is 118 cm³/mol. The van der Waals surface area contributed by atoms with Gasteiger partial charge in [0, 0.05) is 17.1 Å². The van der Waals surface area contributed by atoms with Crippen molar-refractivity contribution in [1.29, 1.82) is 0 Å². The lowest BCUT2D eigenvalue weighted by molar-refractivity contribution is 0.102. The molecule has 31 heavy (non-hydrogen) atoms. The van der Waals surface area contributed by atoms with E-state index in [2.05, 4.69) is 21.1 Å². The van der Waals surface area contributed by atoms with Gasteiger partial charge in [0.1, 0.15) is 5.75 Å². The van der Waals surface area contributed by atoms with Gasteiger partial charge in [-0.3, -0.25) is 4.79 Å². The molecule has 0 aliphatic heterocycles. The molecule has 3 amide bonds. The summed E-state index contributed by atoms with van der Waals surface area (Å²) in [6, 6.07) is 18.3. The van der Waals surface area contributed by atoms with Crippen LogP contribution in [-0.4, -0.2) is 24.2 Å². The van der Waals surface area contributed by atoms with Crippen LogP contribution in [0.4, 0.5) is 27.7 Å². The number of benzene rings is 3. The van der Waals surface area contributed by atoms with Crippen molar-refractivity contribution in [3.05, 3.63) is 72.3 Å². The third-order valence-electron chi connectivity index (χ3n) is 4.52. The Kier molecular flexibility index (Phi) is 5.39. The van der Waals surface area contributed by atoms with Gasteiger partial charge in [-0.1, -0.05) is 11.2 Å². The second kappa shape index (κ2) is 8.46. The molecule has 3 aromatic carbocycles. The summed E-state index contributed by atoms with van der Waals surface area (Å²) >= 11 is 0. The van der Waals surface area contributed by atoms with Gasteiger partial charge in [-0.15, -0.1) is 0 Å². The van der Waals surface area contributed by atoms with Gasteiger partial charge >= 0.3 is 6.03 Å². The number of nitrogen functional groups attached to an aromatic ring is 1. The number of hydrogen-bond donors (Lipinski definition) is 4. The van der Waals surface area contributed by atoms with Gasteiger partial charge in [0.05, 0.1) is 18.1 Å². The molecule has 0 atom stereocenters. The zero-order valence-electron chi connectivity index (χ0n) is 16.5. The Bertz CT molecular complexity index is 1230. The first kappa shape index (κ1) is 19.8. The van der Waals surface area contributed by atoms with Crippen molar-refractivity contribution in [3.8, 4) is 5.75 Å². The summed E-state index contributed by atoms with van der Waals surface area (Å²) in [6.45, 7) is 0. The molecule has 9 heteroatoms. The topological polar surface area (TPSA) is 132 Å². The molecule has 0 bridgehead atoms. The van der Waals surface area contributed by atoms with E-state index in [1.807, 2.05) is 0 Å². The van der Waals surface area contributed by atoms with Gasteiger partial charge < -0.3 is 30.9 Å². The standard InChI is InChI=1S/C22H19N5O4/c1-30-16-11-9-15(10-12-16)26-22(29)25-14-7-5-13(6-8-14)24-21(28)17-3-2-4-18-19(17)20(23)27-31-18/h2-12H,1H3,(H2,23,27)(H,24,28)(H2,25,26,29). The minimum atomic E-state index is -0.392. The van der Waals surface area contributed by atoms with E-state index in [-0.39, 0.29) is 11.7 Å². The highest BCUT2D eigenvalue weighted by atomic mass is 16.5. The fraction of sp³-hybridized carbons (Fsp3) is 0.0455. The van der Waals surface area contributed by atoms with E-state index in [9.17, 15) is 9.59 Å². The summed E-state index contributed by atoms with van der Waals surface area (Å²) in [6.07, 6.45) is 0. The first-order valence-corrected chi connectivity index (χ1v) is 9.31. The fourth-order valence-electron chi connectivity index (χ4n) is 3.01. The normalized spacial score (nSPS) is 10.5. The van der Waals surface area contributed by atoms with Crippen LogP contribution in [0.25, 0.3) is 11.0 Å². The number of urea groups is 1. The first-order chi connectivity index (χ1) is 15.0. The van der Waals surface area contributed by atoms with Crippen LogP contribution < -0.4 is 26.4 Å². The number of carbonyl (C=O) groups excluding carboxylic acids is 2. The van der Waals surface area contributed by atoms with E-state index in [4.69, 9.17) is 15.0 Å². The van der Waals surface area contributed by atoms with Gasteiger partial charge in [0.2, 0.25) is 0 Å². The monoisotopic (exact) mass is 417 g/mol. The van der Waals surface area contributed by atoms with Gasteiger partial charge in [-0.25, -0.2) is 4.79 Å². The third kappa shape index (κ3) is 4.40. The molecular formula is C22H19N5O4. The molecule has 1 aromatic heterocycles. The number of carbonyl (C=O) groups is 2. The van der Waals surface area contributed by atoms with Crippen molar-refractivity contribution in [2.24, 2.45) is 0 Å². The molecular weight excluding hydrogens is 398 g/mol. The van der Waals surface area contributed by atoms with Crippen molar-refractivity contribution < 1.29 is 18.8 Å². The molecule has 0 aliphatic carbocycles.